The fourth-order valence-corrected chi connectivity index (χ4v) is 3.56. The highest BCUT2D eigenvalue weighted by Crippen LogP contribution is 2.33. The molecule has 1 atom stereocenters. The van der Waals surface area contributed by atoms with Crippen LogP contribution in [0.25, 0.3) is 0 Å². The number of rotatable bonds is 7. The van der Waals surface area contributed by atoms with E-state index in [4.69, 9.17) is 0 Å². The minimum atomic E-state index is -0.108. The van der Waals surface area contributed by atoms with E-state index in [-0.39, 0.29) is 12.0 Å². The van der Waals surface area contributed by atoms with Gasteiger partial charge in [0.2, 0.25) is 0 Å². The fraction of sp³-hybridized carbons (Fsp3) is 0.333. The summed E-state index contributed by atoms with van der Waals surface area (Å²) in [6.07, 6.45) is 1.95. The second-order valence-electron chi connectivity index (χ2n) is 5.07. The lowest BCUT2D eigenvalue weighted by Gasteiger charge is -2.31. The Labute approximate surface area is 126 Å². The Morgan fingerprint density at radius 1 is 0.950 bits per heavy atom. The van der Waals surface area contributed by atoms with E-state index < -0.39 is 0 Å². The van der Waals surface area contributed by atoms with Crippen molar-refractivity contribution in [3.8, 4) is 0 Å². The van der Waals surface area contributed by atoms with Gasteiger partial charge in [-0.1, -0.05) is 55.5 Å². The number of benzene rings is 2. The van der Waals surface area contributed by atoms with Gasteiger partial charge in [-0.05, 0) is 36.3 Å². The summed E-state index contributed by atoms with van der Waals surface area (Å²) in [5.74, 6) is 1.02. The average molecular weight is 286 g/mol. The summed E-state index contributed by atoms with van der Waals surface area (Å²) in [4.78, 5) is 1.29. The van der Waals surface area contributed by atoms with Gasteiger partial charge >= 0.3 is 0 Å². The van der Waals surface area contributed by atoms with Crippen LogP contribution in [0.15, 0.2) is 65.6 Å². The largest absolute Gasteiger partial charge is 0.395 e. The van der Waals surface area contributed by atoms with Crippen LogP contribution in [0.4, 0.5) is 0 Å². The first-order chi connectivity index (χ1) is 9.80. The summed E-state index contributed by atoms with van der Waals surface area (Å²) >= 11 is 1.86. The molecule has 20 heavy (non-hydrogen) atoms. The Hall–Kier alpha value is -1.25. The topological polar surface area (TPSA) is 20.2 Å². The van der Waals surface area contributed by atoms with Crippen LogP contribution >= 0.6 is 11.8 Å². The first-order valence-electron chi connectivity index (χ1n) is 7.15. The number of hydrogen-bond donors (Lipinski definition) is 1. The zero-order chi connectivity index (χ0) is 14.3. The average Bonchev–Trinajstić information content (AvgIpc) is 2.54. The number of thioether (sulfide) groups is 1. The monoisotopic (exact) mass is 286 g/mol. The smallest absolute Gasteiger partial charge is 0.0528 e. The molecule has 2 heteroatoms. The standard InChI is InChI=1S/C18H22OS/c1-2-18(15-19,16-9-5-3-6-10-16)13-14-20-17-11-7-4-8-12-17/h3-12,19H,2,13-15H2,1H3. The normalized spacial score (nSPS) is 13.9. The van der Waals surface area contributed by atoms with Crippen LogP contribution in [0, 0.1) is 0 Å². The number of aliphatic hydroxyl groups excluding tert-OH is 1. The van der Waals surface area contributed by atoms with E-state index in [1.807, 2.05) is 23.9 Å². The van der Waals surface area contributed by atoms with Crippen molar-refractivity contribution in [3.63, 3.8) is 0 Å². The van der Waals surface area contributed by atoms with Crippen LogP contribution in [-0.2, 0) is 5.41 Å². The van der Waals surface area contributed by atoms with Crippen LogP contribution in [-0.4, -0.2) is 17.5 Å². The summed E-state index contributed by atoms with van der Waals surface area (Å²) in [6.45, 7) is 2.37. The molecule has 2 aromatic carbocycles. The lowest BCUT2D eigenvalue weighted by atomic mass is 9.76. The summed E-state index contributed by atoms with van der Waals surface area (Å²) in [5, 5.41) is 9.92. The van der Waals surface area contributed by atoms with E-state index in [1.165, 1.54) is 10.5 Å². The van der Waals surface area contributed by atoms with Crippen molar-refractivity contribution < 1.29 is 5.11 Å². The SMILES string of the molecule is CCC(CO)(CCSc1ccccc1)c1ccccc1. The predicted octanol–water partition coefficient (Wildman–Crippen LogP) is 4.51. The van der Waals surface area contributed by atoms with Crippen LogP contribution in [0.2, 0.25) is 0 Å². The molecule has 0 saturated carbocycles. The number of aliphatic hydroxyl groups is 1. The van der Waals surface area contributed by atoms with Gasteiger partial charge in [-0.2, -0.15) is 0 Å². The van der Waals surface area contributed by atoms with E-state index in [0.29, 0.717) is 0 Å². The molecule has 0 aliphatic carbocycles. The zero-order valence-corrected chi connectivity index (χ0v) is 12.8. The maximum absolute atomic E-state index is 9.92. The van der Waals surface area contributed by atoms with E-state index >= 15 is 0 Å². The molecule has 0 spiro atoms. The van der Waals surface area contributed by atoms with Crippen LogP contribution < -0.4 is 0 Å². The van der Waals surface area contributed by atoms with Crippen molar-refractivity contribution in [3.05, 3.63) is 66.2 Å². The molecule has 0 heterocycles. The highest BCUT2D eigenvalue weighted by Gasteiger charge is 2.28. The van der Waals surface area contributed by atoms with Crippen molar-refractivity contribution in [1.29, 1.82) is 0 Å². The second kappa shape index (κ2) is 7.51. The first kappa shape index (κ1) is 15.1. The Morgan fingerprint density at radius 3 is 2.10 bits per heavy atom. The third-order valence-electron chi connectivity index (χ3n) is 3.96. The van der Waals surface area contributed by atoms with Crippen LogP contribution in [0.3, 0.4) is 0 Å². The van der Waals surface area contributed by atoms with Gasteiger partial charge in [0.1, 0.15) is 0 Å². The van der Waals surface area contributed by atoms with Gasteiger partial charge in [0.05, 0.1) is 6.61 Å². The maximum Gasteiger partial charge on any atom is 0.0528 e. The van der Waals surface area contributed by atoms with E-state index in [1.54, 1.807) is 0 Å². The Morgan fingerprint density at radius 2 is 1.55 bits per heavy atom. The van der Waals surface area contributed by atoms with Gasteiger partial charge in [-0.15, -0.1) is 11.8 Å². The third kappa shape index (κ3) is 3.65. The Bertz CT molecular complexity index is 491. The molecule has 0 aliphatic heterocycles. The van der Waals surface area contributed by atoms with Crippen LogP contribution in [0.1, 0.15) is 25.3 Å². The molecule has 1 nitrogen and oxygen atoms in total. The first-order valence-corrected chi connectivity index (χ1v) is 8.13. The molecule has 0 saturated heterocycles. The van der Waals surface area contributed by atoms with Gasteiger partial charge in [-0.25, -0.2) is 0 Å². The Kier molecular flexibility index (Phi) is 5.69. The molecule has 0 fully saturated rings. The van der Waals surface area contributed by atoms with Crippen molar-refractivity contribution in [1.82, 2.24) is 0 Å². The molecule has 0 aliphatic rings. The molecule has 2 aromatic rings. The fourth-order valence-electron chi connectivity index (χ4n) is 2.48. The summed E-state index contributed by atoms with van der Waals surface area (Å²) < 4.78 is 0. The van der Waals surface area contributed by atoms with Gasteiger partial charge < -0.3 is 5.11 Å². The van der Waals surface area contributed by atoms with Gasteiger partial charge in [-0.3, -0.25) is 0 Å². The molecule has 0 amide bonds. The lowest BCUT2D eigenvalue weighted by Crippen LogP contribution is -2.30. The predicted molar refractivity (Wildman–Crippen MR) is 87.3 cm³/mol. The molecule has 2 rings (SSSR count). The maximum atomic E-state index is 9.92. The lowest BCUT2D eigenvalue weighted by molar-refractivity contribution is 0.184. The minimum Gasteiger partial charge on any atom is -0.395 e. The van der Waals surface area contributed by atoms with Gasteiger partial charge in [0.25, 0.3) is 0 Å². The van der Waals surface area contributed by atoms with Crippen LogP contribution in [0.5, 0.6) is 0 Å². The molecule has 0 aromatic heterocycles. The highest BCUT2D eigenvalue weighted by molar-refractivity contribution is 7.99. The minimum absolute atomic E-state index is 0.108. The van der Waals surface area contributed by atoms with E-state index in [2.05, 4.69) is 55.5 Å². The quantitative estimate of drug-likeness (QED) is 0.756. The van der Waals surface area contributed by atoms with Crippen molar-refractivity contribution >= 4 is 11.8 Å². The van der Waals surface area contributed by atoms with E-state index in [0.717, 1.165) is 18.6 Å². The molecule has 106 valence electrons. The molecule has 0 bridgehead atoms. The number of hydrogen-bond acceptors (Lipinski definition) is 2. The molecule has 1 unspecified atom stereocenters. The van der Waals surface area contributed by atoms with Gasteiger partial charge in [0.15, 0.2) is 0 Å². The second-order valence-corrected chi connectivity index (χ2v) is 6.24. The Balaban J connectivity index is 2.03. The molecule has 1 N–H and O–H groups in total. The zero-order valence-electron chi connectivity index (χ0n) is 12.0. The summed E-state index contributed by atoms with van der Waals surface area (Å²) in [6, 6.07) is 20.9. The van der Waals surface area contributed by atoms with Crippen molar-refractivity contribution in [2.45, 2.75) is 30.1 Å². The van der Waals surface area contributed by atoms with Crippen molar-refractivity contribution in [2.75, 3.05) is 12.4 Å². The molecular formula is C18H22OS. The molecular weight excluding hydrogens is 264 g/mol. The summed E-state index contributed by atoms with van der Waals surface area (Å²) in [7, 11) is 0. The van der Waals surface area contributed by atoms with Crippen molar-refractivity contribution in [2.24, 2.45) is 0 Å². The third-order valence-corrected chi connectivity index (χ3v) is 4.97. The van der Waals surface area contributed by atoms with E-state index in [9.17, 15) is 5.11 Å². The summed E-state index contributed by atoms with van der Waals surface area (Å²) in [5.41, 5.74) is 1.14. The highest BCUT2D eigenvalue weighted by atomic mass is 32.2. The van der Waals surface area contributed by atoms with Gasteiger partial charge in [0, 0.05) is 10.3 Å². The molecule has 0 radical (unpaired) electrons.